The minimum atomic E-state index is -0.647. The van der Waals surface area contributed by atoms with Gasteiger partial charge in [-0.1, -0.05) is 48.0 Å². The molecule has 162 valence electrons. The third-order valence-corrected chi connectivity index (χ3v) is 5.17. The van der Waals surface area contributed by atoms with Crippen LogP contribution in [0.1, 0.15) is 22.5 Å². The lowest BCUT2D eigenvalue weighted by molar-refractivity contribution is -0.122. The highest BCUT2D eigenvalue weighted by Crippen LogP contribution is 2.18. The number of nitrogens with one attached hydrogen (secondary N) is 4. The van der Waals surface area contributed by atoms with E-state index in [0.717, 1.165) is 11.1 Å². The smallest absolute Gasteiger partial charge is 0.290 e. The molecule has 0 aliphatic rings. The van der Waals surface area contributed by atoms with Gasteiger partial charge in [0.1, 0.15) is 0 Å². The maximum absolute atomic E-state index is 12.5. The van der Waals surface area contributed by atoms with Crippen molar-refractivity contribution in [2.75, 3.05) is 0 Å². The van der Waals surface area contributed by atoms with Crippen LogP contribution < -0.4 is 16.4 Å². The second-order valence-electron chi connectivity index (χ2n) is 7.07. The van der Waals surface area contributed by atoms with E-state index < -0.39 is 17.4 Å². The first kappa shape index (κ1) is 21.1. The molecule has 0 aliphatic carbocycles. The zero-order valence-corrected chi connectivity index (χ0v) is 17.8. The Kier molecular flexibility index (Phi) is 5.90. The van der Waals surface area contributed by atoms with Gasteiger partial charge in [0, 0.05) is 23.9 Å². The molecule has 10 nitrogen and oxygen atoms in total. The van der Waals surface area contributed by atoms with Gasteiger partial charge in [-0.25, -0.2) is 5.10 Å². The molecule has 0 atom stereocenters. The fraction of sp³-hybridized carbons (Fsp3) is 0.143. The number of hydrazine groups is 1. The summed E-state index contributed by atoms with van der Waals surface area (Å²) in [5, 5.41) is 13.8. The van der Waals surface area contributed by atoms with Crippen molar-refractivity contribution >= 4 is 34.8 Å². The number of nitrogens with zero attached hydrogens (tertiary/aromatic N) is 3. The summed E-state index contributed by atoms with van der Waals surface area (Å²) in [6.45, 7) is 2.25. The highest BCUT2D eigenvalue weighted by Gasteiger charge is 2.15. The van der Waals surface area contributed by atoms with Gasteiger partial charge >= 0.3 is 0 Å². The van der Waals surface area contributed by atoms with Crippen LogP contribution in [0.3, 0.4) is 0 Å². The Bertz CT molecular complexity index is 1420. The number of amides is 2. The number of fused-ring (bicyclic) bond motifs is 1. The van der Waals surface area contributed by atoms with Crippen molar-refractivity contribution in [3.63, 3.8) is 0 Å². The molecule has 4 N–H and O–H groups in total. The Hall–Kier alpha value is -4.12. The summed E-state index contributed by atoms with van der Waals surface area (Å²) in [5.74, 6) is -0.452. The van der Waals surface area contributed by atoms with Crippen LogP contribution in [0.5, 0.6) is 0 Å². The molecule has 0 unspecified atom stereocenters. The third kappa shape index (κ3) is 4.32. The number of aryl methyl sites for hydroxylation is 1. The zero-order valence-electron chi connectivity index (χ0n) is 17.0. The van der Waals surface area contributed by atoms with Crippen molar-refractivity contribution in [2.24, 2.45) is 0 Å². The summed E-state index contributed by atoms with van der Waals surface area (Å²) in [6.07, 6.45) is 0.0484. The molecule has 0 saturated carbocycles. The highest BCUT2D eigenvalue weighted by molar-refractivity contribution is 7.71. The molecular weight excluding hydrogens is 430 g/mol. The first-order valence-corrected chi connectivity index (χ1v) is 10.1. The molecule has 2 amide bonds. The minimum Gasteiger partial charge on any atom is -0.300 e. The zero-order chi connectivity index (χ0) is 22.7. The van der Waals surface area contributed by atoms with E-state index in [-0.39, 0.29) is 18.7 Å². The fourth-order valence-corrected chi connectivity index (χ4v) is 3.42. The first-order chi connectivity index (χ1) is 15.4. The van der Waals surface area contributed by atoms with Crippen molar-refractivity contribution in [3.05, 3.63) is 74.9 Å². The second kappa shape index (κ2) is 8.94. The van der Waals surface area contributed by atoms with Crippen molar-refractivity contribution in [1.29, 1.82) is 0 Å². The summed E-state index contributed by atoms with van der Waals surface area (Å²) in [7, 11) is 0. The standard InChI is InChI=1S/C21H19N7O3S/c1-12-6-8-13(9-7-12)18-24-27-21(32)28(18)11-10-16(29)22-26-20(31)17-14-4-2-3-5-15(14)19(30)25-23-17/h2-9H,10-11H2,1H3,(H,22,29)(H,25,30)(H,26,31)(H,27,32). The normalized spacial score (nSPS) is 10.8. The van der Waals surface area contributed by atoms with E-state index in [0.29, 0.717) is 21.4 Å². The largest absolute Gasteiger partial charge is 0.300 e. The molecule has 2 aromatic heterocycles. The molecule has 0 saturated heterocycles. The molecular formula is C21H19N7O3S. The predicted molar refractivity (Wildman–Crippen MR) is 120 cm³/mol. The van der Waals surface area contributed by atoms with Crippen LogP contribution in [0.15, 0.2) is 53.3 Å². The quantitative estimate of drug-likeness (QED) is 0.272. The topological polar surface area (TPSA) is 138 Å². The van der Waals surface area contributed by atoms with Gasteiger partial charge in [0.15, 0.2) is 16.3 Å². The number of hydrogen-bond acceptors (Lipinski definition) is 6. The average Bonchev–Trinajstić information content (AvgIpc) is 3.17. The number of rotatable bonds is 5. The van der Waals surface area contributed by atoms with Crippen LogP contribution in [-0.4, -0.2) is 36.8 Å². The monoisotopic (exact) mass is 449 g/mol. The van der Waals surface area contributed by atoms with Crippen LogP contribution >= 0.6 is 12.2 Å². The maximum atomic E-state index is 12.5. The number of H-pyrrole nitrogens is 2. The van der Waals surface area contributed by atoms with Crippen LogP contribution in [0.4, 0.5) is 0 Å². The number of aromatic nitrogens is 5. The molecule has 4 aromatic rings. The summed E-state index contributed by atoms with van der Waals surface area (Å²) in [4.78, 5) is 36.6. The second-order valence-corrected chi connectivity index (χ2v) is 7.46. The van der Waals surface area contributed by atoms with Gasteiger partial charge in [0.05, 0.1) is 5.39 Å². The van der Waals surface area contributed by atoms with Gasteiger partial charge in [0.25, 0.3) is 11.5 Å². The van der Waals surface area contributed by atoms with Crippen molar-refractivity contribution in [2.45, 2.75) is 19.9 Å². The molecule has 2 aromatic carbocycles. The van der Waals surface area contributed by atoms with E-state index in [1.807, 2.05) is 31.2 Å². The first-order valence-electron chi connectivity index (χ1n) is 9.73. The van der Waals surface area contributed by atoms with E-state index in [4.69, 9.17) is 12.2 Å². The van der Waals surface area contributed by atoms with E-state index in [1.54, 1.807) is 28.8 Å². The molecule has 0 spiro atoms. The molecule has 4 rings (SSSR count). The van der Waals surface area contributed by atoms with E-state index >= 15 is 0 Å². The average molecular weight is 449 g/mol. The Balaban J connectivity index is 1.41. The fourth-order valence-electron chi connectivity index (χ4n) is 3.20. The Labute approximate surface area is 186 Å². The lowest BCUT2D eigenvalue weighted by atomic mass is 10.1. The number of carbonyl (C=O) groups is 2. The van der Waals surface area contributed by atoms with Crippen molar-refractivity contribution in [3.8, 4) is 11.4 Å². The Morgan fingerprint density at radius 3 is 2.47 bits per heavy atom. The van der Waals surface area contributed by atoms with Crippen molar-refractivity contribution < 1.29 is 9.59 Å². The van der Waals surface area contributed by atoms with Gasteiger partial charge in [-0.3, -0.25) is 34.9 Å². The third-order valence-electron chi connectivity index (χ3n) is 4.86. The molecule has 0 bridgehead atoms. The molecule has 11 heteroatoms. The lowest BCUT2D eigenvalue weighted by Crippen LogP contribution is -2.42. The van der Waals surface area contributed by atoms with Gasteiger partial charge in [-0.05, 0) is 25.2 Å². The van der Waals surface area contributed by atoms with Crippen LogP contribution in [0.25, 0.3) is 22.2 Å². The van der Waals surface area contributed by atoms with Gasteiger partial charge in [-0.2, -0.15) is 10.2 Å². The van der Waals surface area contributed by atoms with Gasteiger partial charge in [0.2, 0.25) is 5.91 Å². The Morgan fingerprint density at radius 2 is 1.72 bits per heavy atom. The number of benzene rings is 2. The molecule has 2 heterocycles. The van der Waals surface area contributed by atoms with E-state index in [1.165, 1.54) is 0 Å². The summed E-state index contributed by atoms with van der Waals surface area (Å²) in [6, 6.07) is 14.4. The van der Waals surface area contributed by atoms with Crippen LogP contribution in [-0.2, 0) is 11.3 Å². The van der Waals surface area contributed by atoms with Gasteiger partial charge in [-0.15, -0.1) is 0 Å². The Morgan fingerprint density at radius 1 is 1.00 bits per heavy atom. The van der Waals surface area contributed by atoms with Crippen LogP contribution in [0.2, 0.25) is 0 Å². The van der Waals surface area contributed by atoms with Crippen molar-refractivity contribution in [1.82, 2.24) is 35.8 Å². The summed E-state index contributed by atoms with van der Waals surface area (Å²) >= 11 is 5.28. The minimum absolute atomic E-state index is 0.000730. The molecule has 0 aliphatic heterocycles. The highest BCUT2D eigenvalue weighted by atomic mass is 32.1. The SMILES string of the molecule is Cc1ccc(-c2n[nH]c(=S)n2CCC(=O)NNC(=O)c2n[nH]c(=O)c3ccccc23)cc1. The van der Waals surface area contributed by atoms with E-state index in [2.05, 4.69) is 31.2 Å². The summed E-state index contributed by atoms with van der Waals surface area (Å²) in [5.41, 5.74) is 6.27. The summed E-state index contributed by atoms with van der Waals surface area (Å²) < 4.78 is 2.11. The molecule has 0 fully saturated rings. The van der Waals surface area contributed by atoms with Gasteiger partial charge < -0.3 is 0 Å². The van der Waals surface area contributed by atoms with E-state index in [9.17, 15) is 14.4 Å². The molecule has 0 radical (unpaired) electrons. The number of carbonyl (C=O) groups excluding carboxylic acids is 2. The predicted octanol–water partition coefficient (Wildman–Crippen LogP) is 2.00. The molecule has 32 heavy (non-hydrogen) atoms. The number of aromatic amines is 2. The lowest BCUT2D eigenvalue weighted by Gasteiger charge is -2.10. The number of hydrogen-bond donors (Lipinski definition) is 4. The van der Waals surface area contributed by atoms with Crippen LogP contribution in [0, 0.1) is 11.7 Å². The maximum Gasteiger partial charge on any atom is 0.290 e.